The van der Waals surface area contributed by atoms with Crippen molar-refractivity contribution in [3.63, 3.8) is 0 Å². The van der Waals surface area contributed by atoms with E-state index in [4.69, 9.17) is 5.73 Å². The molecule has 4 heteroatoms. The van der Waals surface area contributed by atoms with Crippen molar-refractivity contribution in [3.05, 3.63) is 29.8 Å². The molecule has 0 heterocycles. The molecule has 0 fully saturated rings. The molecule has 0 atom stereocenters. The van der Waals surface area contributed by atoms with Gasteiger partial charge in [0.25, 0.3) is 0 Å². The van der Waals surface area contributed by atoms with Gasteiger partial charge in [-0.05, 0) is 64.1 Å². The van der Waals surface area contributed by atoms with E-state index in [-0.39, 0.29) is 5.91 Å². The molecule has 1 aromatic rings. The third-order valence-electron chi connectivity index (χ3n) is 2.99. The van der Waals surface area contributed by atoms with E-state index in [2.05, 4.69) is 17.3 Å². The summed E-state index contributed by atoms with van der Waals surface area (Å²) in [5.74, 6) is 0.0813. The number of hydrogen-bond donors (Lipinski definition) is 2. The highest BCUT2D eigenvalue weighted by Gasteiger charge is 2.04. The topological polar surface area (TPSA) is 58.4 Å². The standard InChI is InChI=1S/C15H25N3O/c1-13-6-3-7-14(12-13)17-15(19)8-4-10-18(2)11-5-9-16/h3,6-7,12H,4-5,8-11,16H2,1-2H3,(H,17,19). The van der Waals surface area contributed by atoms with E-state index in [1.54, 1.807) is 0 Å². The molecule has 0 aliphatic carbocycles. The first-order chi connectivity index (χ1) is 9.11. The number of rotatable bonds is 8. The van der Waals surface area contributed by atoms with Gasteiger partial charge in [-0.2, -0.15) is 0 Å². The molecule has 0 bridgehead atoms. The van der Waals surface area contributed by atoms with Crippen molar-refractivity contribution in [1.29, 1.82) is 0 Å². The van der Waals surface area contributed by atoms with Crippen LogP contribution in [0.25, 0.3) is 0 Å². The van der Waals surface area contributed by atoms with Gasteiger partial charge in [-0.3, -0.25) is 4.79 Å². The Labute approximate surface area is 116 Å². The predicted molar refractivity (Wildman–Crippen MR) is 80.2 cm³/mol. The third-order valence-corrected chi connectivity index (χ3v) is 2.99. The molecule has 4 nitrogen and oxygen atoms in total. The fourth-order valence-electron chi connectivity index (χ4n) is 1.93. The van der Waals surface area contributed by atoms with E-state index in [0.29, 0.717) is 6.42 Å². The zero-order valence-electron chi connectivity index (χ0n) is 12.0. The number of nitrogens with zero attached hydrogens (tertiary/aromatic N) is 1. The van der Waals surface area contributed by atoms with E-state index in [1.807, 2.05) is 31.2 Å². The molecular formula is C15H25N3O. The highest BCUT2D eigenvalue weighted by Crippen LogP contribution is 2.10. The smallest absolute Gasteiger partial charge is 0.224 e. The van der Waals surface area contributed by atoms with Gasteiger partial charge in [0.05, 0.1) is 0 Å². The second-order valence-electron chi connectivity index (χ2n) is 4.97. The fourth-order valence-corrected chi connectivity index (χ4v) is 1.93. The molecular weight excluding hydrogens is 238 g/mol. The summed E-state index contributed by atoms with van der Waals surface area (Å²) in [5.41, 5.74) is 7.49. The number of carbonyl (C=O) groups excluding carboxylic acids is 1. The number of carbonyl (C=O) groups is 1. The highest BCUT2D eigenvalue weighted by atomic mass is 16.1. The summed E-state index contributed by atoms with van der Waals surface area (Å²) in [5, 5.41) is 2.92. The Bertz CT molecular complexity index is 393. The van der Waals surface area contributed by atoms with Gasteiger partial charge in [-0.15, -0.1) is 0 Å². The molecule has 0 unspecified atom stereocenters. The number of nitrogens with two attached hydrogens (primary N) is 1. The van der Waals surface area contributed by atoms with Crippen molar-refractivity contribution < 1.29 is 4.79 Å². The molecule has 1 aromatic carbocycles. The van der Waals surface area contributed by atoms with Crippen LogP contribution in [0.1, 0.15) is 24.8 Å². The Balaban J connectivity index is 2.21. The van der Waals surface area contributed by atoms with Crippen LogP contribution in [-0.2, 0) is 4.79 Å². The van der Waals surface area contributed by atoms with Crippen LogP contribution in [0.15, 0.2) is 24.3 Å². The minimum Gasteiger partial charge on any atom is -0.330 e. The van der Waals surface area contributed by atoms with Crippen LogP contribution >= 0.6 is 0 Å². The summed E-state index contributed by atoms with van der Waals surface area (Å²) in [7, 11) is 2.06. The van der Waals surface area contributed by atoms with Gasteiger partial charge in [-0.1, -0.05) is 12.1 Å². The maximum absolute atomic E-state index is 11.8. The van der Waals surface area contributed by atoms with E-state index in [0.717, 1.165) is 43.7 Å². The van der Waals surface area contributed by atoms with Gasteiger partial charge in [-0.25, -0.2) is 0 Å². The van der Waals surface area contributed by atoms with E-state index < -0.39 is 0 Å². The molecule has 0 spiro atoms. The van der Waals surface area contributed by atoms with Crippen LogP contribution in [0.3, 0.4) is 0 Å². The molecule has 0 aliphatic heterocycles. The van der Waals surface area contributed by atoms with E-state index >= 15 is 0 Å². The molecule has 3 N–H and O–H groups in total. The predicted octanol–water partition coefficient (Wildman–Crippen LogP) is 1.99. The molecule has 0 saturated carbocycles. The normalized spacial score (nSPS) is 10.7. The van der Waals surface area contributed by atoms with Crippen molar-refractivity contribution in [1.82, 2.24) is 4.90 Å². The second kappa shape index (κ2) is 8.67. The average Bonchev–Trinajstić information content (AvgIpc) is 2.36. The second-order valence-corrected chi connectivity index (χ2v) is 4.97. The van der Waals surface area contributed by atoms with Crippen molar-refractivity contribution >= 4 is 11.6 Å². The molecule has 19 heavy (non-hydrogen) atoms. The Kier molecular flexibility index (Phi) is 7.15. The molecule has 1 amide bonds. The summed E-state index contributed by atoms with van der Waals surface area (Å²) in [6.07, 6.45) is 2.44. The highest BCUT2D eigenvalue weighted by molar-refractivity contribution is 5.90. The lowest BCUT2D eigenvalue weighted by Gasteiger charge is -2.15. The number of anilines is 1. The van der Waals surface area contributed by atoms with Gasteiger partial charge in [0.15, 0.2) is 0 Å². The summed E-state index contributed by atoms with van der Waals surface area (Å²) in [6, 6.07) is 7.86. The molecule has 0 saturated heterocycles. The van der Waals surface area contributed by atoms with E-state index in [1.165, 1.54) is 0 Å². The van der Waals surface area contributed by atoms with Crippen LogP contribution < -0.4 is 11.1 Å². The van der Waals surface area contributed by atoms with Crippen LogP contribution in [0.2, 0.25) is 0 Å². The lowest BCUT2D eigenvalue weighted by molar-refractivity contribution is -0.116. The minimum absolute atomic E-state index is 0.0813. The number of aryl methyl sites for hydroxylation is 1. The molecule has 106 valence electrons. The van der Waals surface area contributed by atoms with Crippen molar-refractivity contribution in [2.75, 3.05) is 32.0 Å². The monoisotopic (exact) mass is 263 g/mol. The SMILES string of the molecule is Cc1cccc(NC(=O)CCCN(C)CCCN)c1. The summed E-state index contributed by atoms with van der Waals surface area (Å²) < 4.78 is 0. The summed E-state index contributed by atoms with van der Waals surface area (Å²) in [4.78, 5) is 14.0. The molecule has 1 rings (SSSR count). The summed E-state index contributed by atoms with van der Waals surface area (Å²) in [6.45, 7) is 4.66. The van der Waals surface area contributed by atoms with Crippen molar-refractivity contribution in [3.8, 4) is 0 Å². The van der Waals surface area contributed by atoms with Crippen LogP contribution in [-0.4, -0.2) is 37.5 Å². The molecule has 0 aromatic heterocycles. The van der Waals surface area contributed by atoms with Crippen molar-refractivity contribution in [2.24, 2.45) is 5.73 Å². The van der Waals surface area contributed by atoms with Crippen molar-refractivity contribution in [2.45, 2.75) is 26.2 Å². The fraction of sp³-hybridized carbons (Fsp3) is 0.533. The molecule has 0 aliphatic rings. The van der Waals surface area contributed by atoms with Crippen LogP contribution in [0.5, 0.6) is 0 Å². The average molecular weight is 263 g/mol. The lowest BCUT2D eigenvalue weighted by atomic mass is 10.2. The first kappa shape index (κ1) is 15.7. The zero-order chi connectivity index (χ0) is 14.1. The maximum Gasteiger partial charge on any atom is 0.224 e. The Hall–Kier alpha value is -1.39. The lowest BCUT2D eigenvalue weighted by Crippen LogP contribution is -2.24. The number of hydrogen-bond acceptors (Lipinski definition) is 3. The Morgan fingerprint density at radius 3 is 2.74 bits per heavy atom. The molecule has 0 radical (unpaired) electrons. The van der Waals surface area contributed by atoms with Gasteiger partial charge in [0.2, 0.25) is 5.91 Å². The quantitative estimate of drug-likeness (QED) is 0.754. The van der Waals surface area contributed by atoms with E-state index in [9.17, 15) is 4.79 Å². The van der Waals surface area contributed by atoms with Crippen LogP contribution in [0.4, 0.5) is 5.69 Å². The first-order valence-corrected chi connectivity index (χ1v) is 6.87. The Morgan fingerprint density at radius 2 is 2.05 bits per heavy atom. The Morgan fingerprint density at radius 1 is 1.32 bits per heavy atom. The van der Waals surface area contributed by atoms with Gasteiger partial charge < -0.3 is 16.0 Å². The van der Waals surface area contributed by atoms with Gasteiger partial charge >= 0.3 is 0 Å². The van der Waals surface area contributed by atoms with Gasteiger partial charge in [0.1, 0.15) is 0 Å². The van der Waals surface area contributed by atoms with Gasteiger partial charge in [0, 0.05) is 12.1 Å². The summed E-state index contributed by atoms with van der Waals surface area (Å²) >= 11 is 0. The largest absolute Gasteiger partial charge is 0.330 e. The third kappa shape index (κ3) is 6.94. The number of nitrogens with one attached hydrogen (secondary N) is 1. The number of benzene rings is 1. The first-order valence-electron chi connectivity index (χ1n) is 6.87. The maximum atomic E-state index is 11.8. The zero-order valence-corrected chi connectivity index (χ0v) is 12.0. The van der Waals surface area contributed by atoms with Crippen LogP contribution in [0, 0.1) is 6.92 Å². The minimum atomic E-state index is 0.0813. The number of amides is 1.